The molecule has 0 saturated carbocycles. The van der Waals surface area contributed by atoms with Crippen LogP contribution in [0.3, 0.4) is 0 Å². The van der Waals surface area contributed by atoms with Gasteiger partial charge >= 0.3 is 0 Å². The fraction of sp³-hybridized carbons (Fsp3) is 0.556. The van der Waals surface area contributed by atoms with Gasteiger partial charge in [0, 0.05) is 37.7 Å². The van der Waals surface area contributed by atoms with Gasteiger partial charge in [0.15, 0.2) is 0 Å². The van der Waals surface area contributed by atoms with Crippen molar-refractivity contribution in [3.05, 3.63) is 29.3 Å². The first-order valence-corrected chi connectivity index (χ1v) is 10.4. The molecule has 26 heavy (non-hydrogen) atoms. The van der Waals surface area contributed by atoms with Crippen LogP contribution in [-0.4, -0.2) is 56.2 Å². The second-order valence-corrected chi connectivity index (χ2v) is 8.16. The summed E-state index contributed by atoms with van der Waals surface area (Å²) in [7, 11) is -3.86. The quantitative estimate of drug-likeness (QED) is 0.832. The molecule has 2 amide bonds. The third-order valence-electron chi connectivity index (χ3n) is 4.97. The molecule has 0 aliphatic carbocycles. The lowest BCUT2D eigenvalue weighted by Gasteiger charge is -2.34. The summed E-state index contributed by atoms with van der Waals surface area (Å²) in [5.41, 5.74) is 1.04. The topological polar surface area (TPSA) is 101 Å². The lowest BCUT2D eigenvalue weighted by Crippen LogP contribution is -2.44. The summed E-state index contributed by atoms with van der Waals surface area (Å²) in [4.78, 5) is 28.7. The fourth-order valence-corrected chi connectivity index (χ4v) is 3.84. The van der Waals surface area contributed by atoms with Gasteiger partial charge in [0.2, 0.25) is 15.9 Å². The van der Waals surface area contributed by atoms with Crippen molar-refractivity contribution >= 4 is 21.8 Å². The Morgan fingerprint density at radius 2 is 1.77 bits per heavy atom. The average molecular weight is 381 g/mol. The molecule has 1 aliphatic rings. The monoisotopic (exact) mass is 381 g/mol. The largest absolute Gasteiger partial charge is 0.343 e. The average Bonchev–Trinajstić information content (AvgIpc) is 2.61. The van der Waals surface area contributed by atoms with E-state index in [2.05, 4.69) is 0 Å². The summed E-state index contributed by atoms with van der Waals surface area (Å²) < 4.78 is 23.1. The third-order valence-corrected chi connectivity index (χ3v) is 5.89. The number of amides is 2. The zero-order chi connectivity index (χ0) is 19.5. The van der Waals surface area contributed by atoms with Gasteiger partial charge in [0.1, 0.15) is 0 Å². The van der Waals surface area contributed by atoms with Gasteiger partial charge in [0.05, 0.1) is 4.90 Å². The molecule has 1 fully saturated rings. The number of carbonyl (C=O) groups is 2. The van der Waals surface area contributed by atoms with Crippen molar-refractivity contribution in [2.75, 3.05) is 26.2 Å². The molecule has 144 valence electrons. The van der Waals surface area contributed by atoms with E-state index >= 15 is 0 Å². The molecule has 1 heterocycles. The lowest BCUT2D eigenvalue weighted by molar-refractivity contribution is -0.136. The Bertz CT molecular complexity index is 780. The second kappa shape index (κ2) is 8.18. The van der Waals surface area contributed by atoms with Gasteiger partial charge in [-0.1, -0.05) is 6.07 Å². The molecule has 0 unspecified atom stereocenters. The van der Waals surface area contributed by atoms with E-state index in [1.54, 1.807) is 17.9 Å². The Labute approximate surface area is 155 Å². The van der Waals surface area contributed by atoms with Crippen LogP contribution in [0.1, 0.15) is 42.6 Å². The van der Waals surface area contributed by atoms with E-state index < -0.39 is 10.0 Å². The number of hydrogen-bond donors (Lipinski definition) is 1. The molecule has 1 aliphatic heterocycles. The van der Waals surface area contributed by atoms with Gasteiger partial charge in [0.25, 0.3) is 5.91 Å². The minimum Gasteiger partial charge on any atom is -0.343 e. The number of piperidine rings is 1. The number of rotatable bonds is 5. The van der Waals surface area contributed by atoms with Crippen LogP contribution < -0.4 is 5.14 Å². The van der Waals surface area contributed by atoms with E-state index in [9.17, 15) is 18.0 Å². The summed E-state index contributed by atoms with van der Waals surface area (Å²) in [6, 6.07) is 4.32. The molecule has 0 atom stereocenters. The normalized spacial score (nSPS) is 15.8. The van der Waals surface area contributed by atoms with Crippen LogP contribution in [0, 0.1) is 12.8 Å². The van der Waals surface area contributed by atoms with Crippen LogP contribution >= 0.6 is 0 Å². The highest BCUT2D eigenvalue weighted by molar-refractivity contribution is 7.89. The number of likely N-dealkylation sites (tertiary alicyclic amines) is 1. The van der Waals surface area contributed by atoms with Gasteiger partial charge in [-0.15, -0.1) is 0 Å². The molecule has 0 spiro atoms. The van der Waals surface area contributed by atoms with Crippen molar-refractivity contribution < 1.29 is 18.0 Å². The van der Waals surface area contributed by atoms with Crippen LogP contribution in [-0.2, 0) is 14.8 Å². The van der Waals surface area contributed by atoms with Gasteiger partial charge in [-0.2, -0.15) is 0 Å². The molecule has 0 bridgehead atoms. The van der Waals surface area contributed by atoms with Gasteiger partial charge in [-0.05, 0) is 51.3 Å². The van der Waals surface area contributed by atoms with E-state index in [0.717, 1.165) is 0 Å². The Kier molecular flexibility index (Phi) is 6.41. The van der Waals surface area contributed by atoms with Crippen molar-refractivity contribution in [1.29, 1.82) is 0 Å². The molecule has 0 radical (unpaired) electrons. The molecular weight excluding hydrogens is 354 g/mol. The highest BCUT2D eigenvalue weighted by atomic mass is 32.2. The zero-order valence-electron chi connectivity index (χ0n) is 15.6. The van der Waals surface area contributed by atoms with Crippen molar-refractivity contribution in [2.24, 2.45) is 11.1 Å². The number of nitrogens with two attached hydrogens (primary N) is 1. The maximum absolute atomic E-state index is 12.8. The fourth-order valence-electron chi connectivity index (χ4n) is 3.30. The lowest BCUT2D eigenvalue weighted by atomic mass is 9.94. The maximum Gasteiger partial charge on any atom is 0.254 e. The molecule has 1 aromatic rings. The molecule has 1 aromatic carbocycles. The van der Waals surface area contributed by atoms with Gasteiger partial charge in [-0.3, -0.25) is 9.59 Å². The molecule has 2 rings (SSSR count). The summed E-state index contributed by atoms with van der Waals surface area (Å²) in [6.07, 6.45) is 1.24. The summed E-state index contributed by atoms with van der Waals surface area (Å²) >= 11 is 0. The maximum atomic E-state index is 12.8. The van der Waals surface area contributed by atoms with E-state index in [0.29, 0.717) is 50.1 Å². The molecule has 2 N–H and O–H groups in total. The Morgan fingerprint density at radius 3 is 2.27 bits per heavy atom. The highest BCUT2D eigenvalue weighted by Crippen LogP contribution is 2.23. The number of benzene rings is 1. The van der Waals surface area contributed by atoms with E-state index in [1.165, 1.54) is 12.1 Å². The summed E-state index contributed by atoms with van der Waals surface area (Å²) in [5.74, 6) is -0.132. The molecule has 0 aromatic heterocycles. The summed E-state index contributed by atoms with van der Waals surface area (Å²) in [6.45, 7) is 8.02. The zero-order valence-corrected chi connectivity index (χ0v) is 16.4. The standard InChI is InChI=1S/C18H27N3O4S/c1-4-20(5-2)17(22)14-8-10-21(11-9-14)18(23)16-12-15(26(19,24)25)7-6-13(16)3/h6-7,12,14H,4-5,8-11H2,1-3H3,(H2,19,24,25). The van der Waals surface area contributed by atoms with Gasteiger partial charge in [-0.25, -0.2) is 13.6 Å². The number of aryl methyl sites for hydroxylation is 1. The molecule has 7 nitrogen and oxygen atoms in total. The first-order chi connectivity index (χ1) is 12.2. The predicted octanol–water partition coefficient (Wildman–Crippen LogP) is 1.36. The number of carbonyl (C=O) groups excluding carboxylic acids is 2. The Morgan fingerprint density at radius 1 is 1.19 bits per heavy atom. The highest BCUT2D eigenvalue weighted by Gasteiger charge is 2.30. The van der Waals surface area contributed by atoms with Crippen molar-refractivity contribution in [2.45, 2.75) is 38.5 Å². The second-order valence-electron chi connectivity index (χ2n) is 6.60. The van der Waals surface area contributed by atoms with Crippen LogP contribution in [0.4, 0.5) is 0 Å². The van der Waals surface area contributed by atoms with Gasteiger partial charge < -0.3 is 9.80 Å². The first-order valence-electron chi connectivity index (χ1n) is 8.90. The SMILES string of the molecule is CCN(CC)C(=O)C1CCN(C(=O)c2cc(S(N)(=O)=O)ccc2C)CC1. The number of hydrogen-bond acceptors (Lipinski definition) is 4. The van der Waals surface area contributed by atoms with Crippen molar-refractivity contribution in [1.82, 2.24) is 9.80 Å². The predicted molar refractivity (Wildman–Crippen MR) is 99.1 cm³/mol. The van der Waals surface area contributed by atoms with E-state index in [1.807, 2.05) is 18.7 Å². The molecule has 1 saturated heterocycles. The third kappa shape index (κ3) is 4.42. The molecule has 8 heteroatoms. The number of sulfonamides is 1. The van der Waals surface area contributed by atoms with E-state index in [4.69, 9.17) is 5.14 Å². The van der Waals surface area contributed by atoms with Crippen LogP contribution in [0.15, 0.2) is 23.1 Å². The number of primary sulfonamides is 1. The van der Waals surface area contributed by atoms with Crippen LogP contribution in [0.5, 0.6) is 0 Å². The minimum atomic E-state index is -3.86. The molecular formula is C18H27N3O4S. The Balaban J connectivity index is 2.10. The smallest absolute Gasteiger partial charge is 0.254 e. The summed E-state index contributed by atoms with van der Waals surface area (Å²) in [5, 5.41) is 5.17. The number of nitrogens with zero attached hydrogens (tertiary/aromatic N) is 2. The van der Waals surface area contributed by atoms with Crippen LogP contribution in [0.25, 0.3) is 0 Å². The van der Waals surface area contributed by atoms with Crippen molar-refractivity contribution in [3.8, 4) is 0 Å². The first kappa shape index (κ1) is 20.4. The minimum absolute atomic E-state index is 0.0594. The van der Waals surface area contributed by atoms with Crippen molar-refractivity contribution in [3.63, 3.8) is 0 Å². The van der Waals surface area contributed by atoms with E-state index in [-0.39, 0.29) is 22.6 Å². The van der Waals surface area contributed by atoms with Crippen LogP contribution in [0.2, 0.25) is 0 Å². The Hall–Kier alpha value is -1.93.